The van der Waals surface area contributed by atoms with E-state index in [1.807, 2.05) is 7.05 Å². The number of hydrazine groups is 1. The zero-order chi connectivity index (χ0) is 13.7. The highest BCUT2D eigenvalue weighted by atomic mass is 16.5. The van der Waals surface area contributed by atoms with Crippen LogP contribution in [0.4, 0.5) is 5.82 Å². The quantitative estimate of drug-likeness (QED) is 0.623. The molecular formula is C13H20N4O2. The minimum absolute atomic E-state index is 0.00890. The van der Waals surface area contributed by atoms with E-state index in [2.05, 4.69) is 10.4 Å². The van der Waals surface area contributed by atoms with Crippen molar-refractivity contribution in [1.82, 2.24) is 9.88 Å². The molecule has 6 heteroatoms. The fraction of sp³-hybridized carbons (Fsp3) is 0.538. The molecule has 0 radical (unpaired) electrons. The molecule has 0 atom stereocenters. The number of nitrogen functional groups attached to an aromatic ring is 1. The molecule has 2 heterocycles. The Morgan fingerprint density at radius 1 is 1.58 bits per heavy atom. The summed E-state index contributed by atoms with van der Waals surface area (Å²) in [4.78, 5) is 18.0. The first kappa shape index (κ1) is 13.8. The van der Waals surface area contributed by atoms with E-state index >= 15 is 0 Å². The second kappa shape index (κ2) is 6.49. The number of rotatable bonds is 4. The molecule has 104 valence electrons. The second-order valence-corrected chi connectivity index (χ2v) is 4.82. The maximum absolute atomic E-state index is 12.3. The van der Waals surface area contributed by atoms with Gasteiger partial charge in [-0.15, -0.1) is 0 Å². The minimum atomic E-state index is -0.00890. The van der Waals surface area contributed by atoms with Crippen LogP contribution < -0.4 is 11.3 Å². The number of amides is 1. The zero-order valence-electron chi connectivity index (χ0n) is 11.1. The Labute approximate surface area is 112 Å². The van der Waals surface area contributed by atoms with Crippen molar-refractivity contribution < 1.29 is 9.53 Å². The highest BCUT2D eigenvalue weighted by Gasteiger charge is 2.19. The van der Waals surface area contributed by atoms with Crippen LogP contribution in [0.15, 0.2) is 18.3 Å². The van der Waals surface area contributed by atoms with Crippen molar-refractivity contribution in [3.63, 3.8) is 0 Å². The number of anilines is 1. The molecule has 1 amide bonds. The van der Waals surface area contributed by atoms with Crippen LogP contribution in [0.25, 0.3) is 0 Å². The highest BCUT2D eigenvalue weighted by Crippen LogP contribution is 2.17. The summed E-state index contributed by atoms with van der Waals surface area (Å²) in [6, 6.07) is 3.35. The summed E-state index contributed by atoms with van der Waals surface area (Å²) < 4.78 is 5.32. The Morgan fingerprint density at radius 2 is 2.32 bits per heavy atom. The van der Waals surface area contributed by atoms with Gasteiger partial charge in [-0.2, -0.15) is 0 Å². The van der Waals surface area contributed by atoms with Gasteiger partial charge >= 0.3 is 0 Å². The lowest BCUT2D eigenvalue weighted by Crippen LogP contribution is -2.34. The highest BCUT2D eigenvalue weighted by molar-refractivity contribution is 5.94. The average molecular weight is 264 g/mol. The predicted molar refractivity (Wildman–Crippen MR) is 72.6 cm³/mol. The smallest absolute Gasteiger partial charge is 0.253 e. The Bertz CT molecular complexity index is 432. The number of ether oxygens (including phenoxy) is 1. The van der Waals surface area contributed by atoms with E-state index in [4.69, 9.17) is 10.6 Å². The lowest BCUT2D eigenvalue weighted by molar-refractivity contribution is 0.0497. The SMILES string of the molecule is CN(CC1CCOCC1)C(=O)c1ccnc(NN)c1. The molecule has 0 unspecified atom stereocenters. The largest absolute Gasteiger partial charge is 0.381 e. The molecule has 2 rings (SSSR count). The normalized spacial score (nSPS) is 16.1. The van der Waals surface area contributed by atoms with E-state index in [1.165, 1.54) is 0 Å². The molecule has 0 aromatic carbocycles. The summed E-state index contributed by atoms with van der Waals surface area (Å²) >= 11 is 0. The van der Waals surface area contributed by atoms with Gasteiger partial charge in [0.05, 0.1) is 0 Å². The third-order valence-electron chi connectivity index (χ3n) is 3.37. The van der Waals surface area contributed by atoms with Crippen LogP contribution in [0.1, 0.15) is 23.2 Å². The monoisotopic (exact) mass is 264 g/mol. The molecule has 19 heavy (non-hydrogen) atoms. The summed E-state index contributed by atoms with van der Waals surface area (Å²) in [5, 5.41) is 0. The van der Waals surface area contributed by atoms with E-state index in [0.717, 1.165) is 32.6 Å². The molecule has 1 aromatic heterocycles. The Morgan fingerprint density at radius 3 is 3.00 bits per heavy atom. The number of nitrogens with one attached hydrogen (secondary N) is 1. The van der Waals surface area contributed by atoms with Gasteiger partial charge in [-0.25, -0.2) is 10.8 Å². The number of hydrogen-bond acceptors (Lipinski definition) is 5. The molecule has 1 fully saturated rings. The first-order valence-corrected chi connectivity index (χ1v) is 6.46. The second-order valence-electron chi connectivity index (χ2n) is 4.82. The summed E-state index contributed by atoms with van der Waals surface area (Å²) in [7, 11) is 1.83. The third kappa shape index (κ3) is 3.65. The fourth-order valence-corrected chi connectivity index (χ4v) is 2.26. The molecule has 0 aliphatic carbocycles. The minimum Gasteiger partial charge on any atom is -0.381 e. The number of aromatic nitrogens is 1. The van der Waals surface area contributed by atoms with Gasteiger partial charge in [-0.3, -0.25) is 4.79 Å². The number of pyridine rings is 1. The van der Waals surface area contributed by atoms with Gasteiger partial charge in [0.25, 0.3) is 5.91 Å². The van der Waals surface area contributed by atoms with Gasteiger partial charge in [0.2, 0.25) is 0 Å². The number of carbonyl (C=O) groups excluding carboxylic acids is 1. The van der Waals surface area contributed by atoms with E-state index < -0.39 is 0 Å². The Balaban J connectivity index is 1.97. The van der Waals surface area contributed by atoms with Crippen molar-refractivity contribution in [2.24, 2.45) is 11.8 Å². The third-order valence-corrected chi connectivity index (χ3v) is 3.37. The van der Waals surface area contributed by atoms with Gasteiger partial charge in [-0.1, -0.05) is 0 Å². The van der Waals surface area contributed by atoms with E-state index in [9.17, 15) is 4.79 Å². The lowest BCUT2D eigenvalue weighted by atomic mass is 9.99. The first-order chi connectivity index (χ1) is 9.20. The van der Waals surface area contributed by atoms with Crippen molar-refractivity contribution in [1.29, 1.82) is 0 Å². The van der Waals surface area contributed by atoms with Crippen molar-refractivity contribution in [2.45, 2.75) is 12.8 Å². The van der Waals surface area contributed by atoms with Crippen LogP contribution in [0.5, 0.6) is 0 Å². The van der Waals surface area contributed by atoms with Gasteiger partial charge in [0.15, 0.2) is 0 Å². The number of carbonyl (C=O) groups is 1. The molecule has 1 aromatic rings. The summed E-state index contributed by atoms with van der Waals surface area (Å²) in [5.41, 5.74) is 3.04. The molecule has 6 nitrogen and oxygen atoms in total. The van der Waals surface area contributed by atoms with E-state index in [0.29, 0.717) is 17.3 Å². The van der Waals surface area contributed by atoms with Crippen LogP contribution >= 0.6 is 0 Å². The van der Waals surface area contributed by atoms with Crippen molar-refractivity contribution in [3.8, 4) is 0 Å². The molecule has 0 bridgehead atoms. The van der Waals surface area contributed by atoms with Crippen molar-refractivity contribution >= 4 is 11.7 Å². The van der Waals surface area contributed by atoms with Crippen molar-refractivity contribution in [2.75, 3.05) is 32.2 Å². The maximum Gasteiger partial charge on any atom is 0.253 e. The molecule has 1 aliphatic heterocycles. The standard InChI is InChI=1S/C13H20N4O2/c1-17(9-10-3-6-19-7-4-10)13(18)11-2-5-15-12(8-11)16-14/h2,5,8,10H,3-4,6-7,9,14H2,1H3,(H,15,16). The van der Waals surface area contributed by atoms with Crippen LogP contribution in [-0.4, -0.2) is 42.6 Å². The first-order valence-electron chi connectivity index (χ1n) is 6.46. The number of nitrogens with two attached hydrogens (primary N) is 1. The molecule has 3 N–H and O–H groups in total. The molecule has 1 saturated heterocycles. The van der Waals surface area contributed by atoms with Crippen LogP contribution in [0.2, 0.25) is 0 Å². The average Bonchev–Trinajstić information content (AvgIpc) is 2.47. The van der Waals surface area contributed by atoms with Gasteiger partial charge < -0.3 is 15.1 Å². The van der Waals surface area contributed by atoms with Gasteiger partial charge in [0.1, 0.15) is 5.82 Å². The predicted octanol–water partition coefficient (Wildman–Crippen LogP) is 0.866. The fourth-order valence-electron chi connectivity index (χ4n) is 2.26. The van der Waals surface area contributed by atoms with Crippen LogP contribution in [0.3, 0.4) is 0 Å². The van der Waals surface area contributed by atoms with Gasteiger partial charge in [0, 0.05) is 38.6 Å². The maximum atomic E-state index is 12.3. The van der Waals surface area contributed by atoms with Crippen molar-refractivity contribution in [3.05, 3.63) is 23.9 Å². The lowest BCUT2D eigenvalue weighted by Gasteiger charge is -2.27. The number of hydrogen-bond donors (Lipinski definition) is 2. The zero-order valence-corrected chi connectivity index (χ0v) is 11.1. The Kier molecular flexibility index (Phi) is 4.70. The summed E-state index contributed by atoms with van der Waals surface area (Å²) in [6.45, 7) is 2.35. The van der Waals surface area contributed by atoms with E-state index in [1.54, 1.807) is 23.2 Å². The Hall–Kier alpha value is -1.66. The van der Waals surface area contributed by atoms with Crippen LogP contribution in [0, 0.1) is 5.92 Å². The molecule has 0 saturated carbocycles. The number of nitrogens with zero attached hydrogens (tertiary/aromatic N) is 2. The van der Waals surface area contributed by atoms with E-state index in [-0.39, 0.29) is 5.91 Å². The molecule has 1 aliphatic rings. The molecule has 0 spiro atoms. The van der Waals surface area contributed by atoms with Gasteiger partial charge in [-0.05, 0) is 30.9 Å². The van der Waals surface area contributed by atoms with Crippen LogP contribution in [-0.2, 0) is 4.74 Å². The topological polar surface area (TPSA) is 80.5 Å². The summed E-state index contributed by atoms with van der Waals surface area (Å²) in [5.74, 6) is 6.30. The summed E-state index contributed by atoms with van der Waals surface area (Å²) in [6.07, 6.45) is 3.61. The molecular weight excluding hydrogens is 244 g/mol.